The van der Waals surface area contributed by atoms with E-state index in [0.717, 1.165) is 0 Å². The van der Waals surface area contributed by atoms with Crippen molar-refractivity contribution in [3.8, 4) is 0 Å². The standard InChI is InChI=1S/C10H16F3N5O/c1-17-15-9(14-16-17)8-7-18(5-6-19-8)4-2-3-10(11,12)13/h8H,2-7H2,1H3. The number of hydrogen-bond acceptors (Lipinski definition) is 5. The summed E-state index contributed by atoms with van der Waals surface area (Å²) in [5.41, 5.74) is 0. The van der Waals surface area contributed by atoms with E-state index in [9.17, 15) is 13.2 Å². The van der Waals surface area contributed by atoms with Crippen molar-refractivity contribution >= 4 is 0 Å². The summed E-state index contributed by atoms with van der Waals surface area (Å²) in [6.07, 6.45) is -5.05. The Hall–Kier alpha value is -1.22. The first kappa shape index (κ1) is 14.2. The molecule has 1 saturated heterocycles. The fraction of sp³-hybridized carbons (Fsp3) is 0.900. The van der Waals surface area contributed by atoms with Crippen molar-refractivity contribution in [2.75, 3.05) is 26.2 Å². The van der Waals surface area contributed by atoms with Gasteiger partial charge in [0, 0.05) is 19.5 Å². The third-order valence-corrected chi connectivity index (χ3v) is 2.90. The number of nitrogens with zero attached hydrogens (tertiary/aromatic N) is 5. The highest BCUT2D eigenvalue weighted by molar-refractivity contribution is 4.89. The van der Waals surface area contributed by atoms with Gasteiger partial charge in [-0.2, -0.15) is 18.0 Å². The van der Waals surface area contributed by atoms with Gasteiger partial charge in [0.2, 0.25) is 5.82 Å². The SMILES string of the molecule is Cn1nnc(C2CN(CCCC(F)(F)F)CCO2)n1. The van der Waals surface area contributed by atoms with E-state index in [4.69, 9.17) is 4.74 Å². The van der Waals surface area contributed by atoms with Gasteiger partial charge in [-0.05, 0) is 18.2 Å². The van der Waals surface area contributed by atoms with Gasteiger partial charge in [-0.25, -0.2) is 0 Å². The van der Waals surface area contributed by atoms with E-state index >= 15 is 0 Å². The van der Waals surface area contributed by atoms with Gasteiger partial charge in [0.25, 0.3) is 0 Å². The topological polar surface area (TPSA) is 56.1 Å². The normalized spacial score (nSPS) is 21.8. The number of tetrazole rings is 1. The number of hydrogen-bond donors (Lipinski definition) is 0. The third-order valence-electron chi connectivity index (χ3n) is 2.90. The lowest BCUT2D eigenvalue weighted by atomic mass is 10.2. The monoisotopic (exact) mass is 279 g/mol. The van der Waals surface area contributed by atoms with Gasteiger partial charge in [0.05, 0.1) is 13.7 Å². The smallest absolute Gasteiger partial charge is 0.367 e. The van der Waals surface area contributed by atoms with Gasteiger partial charge < -0.3 is 4.74 Å². The molecule has 0 radical (unpaired) electrons. The molecule has 0 N–H and O–H groups in total. The minimum absolute atomic E-state index is 0.101. The van der Waals surface area contributed by atoms with Crippen LogP contribution in [-0.4, -0.2) is 57.5 Å². The van der Waals surface area contributed by atoms with Crippen LogP contribution in [-0.2, 0) is 11.8 Å². The minimum Gasteiger partial charge on any atom is -0.367 e. The summed E-state index contributed by atoms with van der Waals surface area (Å²) in [5.74, 6) is 0.475. The molecule has 0 amide bonds. The van der Waals surface area contributed by atoms with Crippen molar-refractivity contribution < 1.29 is 17.9 Å². The highest BCUT2D eigenvalue weighted by Crippen LogP contribution is 2.23. The number of morpholine rings is 1. The van der Waals surface area contributed by atoms with Crippen molar-refractivity contribution in [3.05, 3.63) is 5.82 Å². The first-order valence-corrected chi connectivity index (χ1v) is 6.08. The maximum Gasteiger partial charge on any atom is 0.389 e. The summed E-state index contributed by atoms with van der Waals surface area (Å²) in [7, 11) is 1.65. The summed E-state index contributed by atoms with van der Waals surface area (Å²) in [6, 6.07) is 0. The second-order valence-corrected chi connectivity index (χ2v) is 4.52. The highest BCUT2D eigenvalue weighted by atomic mass is 19.4. The molecule has 0 saturated carbocycles. The van der Waals surface area contributed by atoms with Gasteiger partial charge in [-0.15, -0.1) is 10.2 Å². The predicted octanol–water partition coefficient (Wildman–Crippen LogP) is 0.926. The molecule has 1 aromatic rings. The van der Waals surface area contributed by atoms with Crippen LogP contribution in [0.4, 0.5) is 13.2 Å². The van der Waals surface area contributed by atoms with E-state index in [-0.39, 0.29) is 12.5 Å². The highest BCUT2D eigenvalue weighted by Gasteiger charge is 2.28. The fourth-order valence-electron chi connectivity index (χ4n) is 1.99. The molecular formula is C10H16F3N5O. The molecule has 1 aliphatic rings. The van der Waals surface area contributed by atoms with Crippen LogP contribution in [0.15, 0.2) is 0 Å². The lowest BCUT2D eigenvalue weighted by Crippen LogP contribution is -2.39. The number of rotatable bonds is 4. The Kier molecular flexibility index (Phi) is 4.35. The Morgan fingerprint density at radius 2 is 2.21 bits per heavy atom. The van der Waals surface area contributed by atoms with Crippen LogP contribution in [0.25, 0.3) is 0 Å². The van der Waals surface area contributed by atoms with Gasteiger partial charge >= 0.3 is 6.18 Å². The molecule has 1 unspecified atom stereocenters. The molecule has 9 heteroatoms. The number of aromatic nitrogens is 4. The molecule has 0 aromatic carbocycles. The second-order valence-electron chi connectivity index (χ2n) is 4.52. The maximum absolute atomic E-state index is 12.1. The van der Waals surface area contributed by atoms with E-state index < -0.39 is 12.6 Å². The summed E-state index contributed by atoms with van der Waals surface area (Å²) in [6.45, 7) is 2.01. The van der Waals surface area contributed by atoms with Gasteiger partial charge in [0.1, 0.15) is 6.10 Å². The van der Waals surface area contributed by atoms with E-state index in [1.54, 1.807) is 7.05 Å². The zero-order chi connectivity index (χ0) is 13.9. The summed E-state index contributed by atoms with van der Waals surface area (Å²) in [5, 5.41) is 11.6. The van der Waals surface area contributed by atoms with Crippen LogP contribution >= 0.6 is 0 Å². The molecule has 1 atom stereocenters. The molecule has 0 bridgehead atoms. The average molecular weight is 279 g/mol. The van der Waals surface area contributed by atoms with Crippen LogP contribution in [0, 0.1) is 0 Å². The fourth-order valence-corrected chi connectivity index (χ4v) is 1.99. The van der Waals surface area contributed by atoms with Crippen LogP contribution in [0.3, 0.4) is 0 Å². The first-order chi connectivity index (χ1) is 8.94. The van der Waals surface area contributed by atoms with E-state index in [1.165, 1.54) is 4.80 Å². The molecule has 2 rings (SSSR count). The first-order valence-electron chi connectivity index (χ1n) is 6.08. The zero-order valence-corrected chi connectivity index (χ0v) is 10.6. The lowest BCUT2D eigenvalue weighted by Gasteiger charge is -2.31. The predicted molar refractivity (Wildman–Crippen MR) is 59.2 cm³/mol. The quantitative estimate of drug-likeness (QED) is 0.820. The van der Waals surface area contributed by atoms with Crippen molar-refractivity contribution in [2.24, 2.45) is 7.05 Å². The van der Waals surface area contributed by atoms with Crippen LogP contribution in [0.2, 0.25) is 0 Å². The number of ether oxygens (including phenoxy) is 1. The van der Waals surface area contributed by atoms with Crippen molar-refractivity contribution in [1.29, 1.82) is 0 Å². The number of aryl methyl sites for hydroxylation is 1. The lowest BCUT2D eigenvalue weighted by molar-refractivity contribution is -0.137. The Balaban J connectivity index is 1.80. The molecule has 2 heterocycles. The largest absolute Gasteiger partial charge is 0.389 e. The van der Waals surface area contributed by atoms with Crippen LogP contribution in [0.5, 0.6) is 0 Å². The molecule has 19 heavy (non-hydrogen) atoms. The van der Waals surface area contributed by atoms with Crippen molar-refractivity contribution in [3.63, 3.8) is 0 Å². The van der Waals surface area contributed by atoms with Crippen LogP contribution < -0.4 is 0 Å². The van der Waals surface area contributed by atoms with E-state index in [1.807, 2.05) is 4.90 Å². The Bertz CT molecular complexity index is 408. The average Bonchev–Trinajstić information content (AvgIpc) is 2.75. The molecule has 1 aliphatic heterocycles. The Morgan fingerprint density at radius 1 is 1.42 bits per heavy atom. The molecule has 1 aromatic heterocycles. The molecule has 0 spiro atoms. The summed E-state index contributed by atoms with van der Waals surface area (Å²) >= 11 is 0. The maximum atomic E-state index is 12.1. The van der Waals surface area contributed by atoms with E-state index in [0.29, 0.717) is 32.1 Å². The summed E-state index contributed by atoms with van der Waals surface area (Å²) < 4.78 is 41.8. The minimum atomic E-state index is -4.09. The molecule has 1 fully saturated rings. The van der Waals surface area contributed by atoms with Crippen molar-refractivity contribution in [2.45, 2.75) is 25.1 Å². The van der Waals surface area contributed by atoms with Gasteiger partial charge in [0.15, 0.2) is 0 Å². The molecular weight excluding hydrogens is 263 g/mol. The number of halogens is 3. The number of alkyl halides is 3. The zero-order valence-electron chi connectivity index (χ0n) is 10.6. The van der Waals surface area contributed by atoms with Crippen LogP contribution in [0.1, 0.15) is 24.8 Å². The van der Waals surface area contributed by atoms with Crippen molar-refractivity contribution in [1.82, 2.24) is 25.1 Å². The summed E-state index contributed by atoms with van der Waals surface area (Å²) in [4.78, 5) is 3.28. The third kappa shape index (κ3) is 4.43. The van der Waals surface area contributed by atoms with Gasteiger partial charge in [-0.1, -0.05) is 0 Å². The molecule has 108 valence electrons. The Morgan fingerprint density at radius 3 is 2.84 bits per heavy atom. The van der Waals surface area contributed by atoms with Gasteiger partial charge in [-0.3, -0.25) is 4.90 Å². The molecule has 6 nitrogen and oxygen atoms in total. The molecule has 0 aliphatic carbocycles. The van der Waals surface area contributed by atoms with E-state index in [2.05, 4.69) is 15.4 Å². The Labute approximate surface area is 108 Å². The second kappa shape index (κ2) is 5.83.